The van der Waals surface area contributed by atoms with Crippen LogP contribution in [0.3, 0.4) is 0 Å². The van der Waals surface area contributed by atoms with Crippen molar-refractivity contribution >= 4 is 15.9 Å². The zero-order valence-electron chi connectivity index (χ0n) is 19.7. The summed E-state index contributed by atoms with van der Waals surface area (Å²) in [4.78, 5) is 0. The summed E-state index contributed by atoms with van der Waals surface area (Å²) in [6.45, 7) is 28.1. The summed E-state index contributed by atoms with van der Waals surface area (Å²) in [5.74, 6) is 0.538. The fraction of sp³-hybridized carbons (Fsp3) is 0.760. The first kappa shape index (κ1) is 25.7. The fourth-order valence-electron chi connectivity index (χ4n) is 3.64. The van der Waals surface area contributed by atoms with Crippen LogP contribution in [0.5, 0.6) is 0 Å². The van der Waals surface area contributed by atoms with Crippen LogP contribution < -0.4 is 0 Å². The molecule has 0 saturated carbocycles. The Bertz CT molecular complexity index is 521. The topological polar surface area (TPSA) is 0 Å². The minimum absolute atomic E-state index is 0.189. The molecule has 0 radical (unpaired) electrons. The van der Waals surface area contributed by atoms with Crippen molar-refractivity contribution in [2.45, 2.75) is 101 Å². The summed E-state index contributed by atoms with van der Waals surface area (Å²) in [5.41, 5.74) is 3.79. The van der Waals surface area contributed by atoms with Gasteiger partial charge in [0, 0.05) is 5.33 Å². The standard InChI is InChI=1S/C23H39Br.C2H6/c1-20(2,3)15-19(18-13-11-17(16-24)12-14-18)22(7,8)23(9,10)21(4,5)6;1-2/h11-14,19H,15-16H2,1-10H3;1-2H3. The highest BCUT2D eigenvalue weighted by atomic mass is 79.9. The van der Waals surface area contributed by atoms with Crippen molar-refractivity contribution in [1.29, 1.82) is 0 Å². The first-order chi connectivity index (χ1) is 11.6. The molecule has 0 aliphatic rings. The Labute approximate surface area is 173 Å². The summed E-state index contributed by atoms with van der Waals surface area (Å²) >= 11 is 3.57. The molecule has 1 rings (SSSR count). The lowest BCUT2D eigenvalue weighted by atomic mass is 9.49. The quantitative estimate of drug-likeness (QED) is 0.412. The molecule has 1 aromatic carbocycles. The number of rotatable bonds is 5. The predicted octanol–water partition coefficient (Wildman–Crippen LogP) is 9.23. The van der Waals surface area contributed by atoms with Gasteiger partial charge < -0.3 is 0 Å². The Hall–Kier alpha value is -0.300. The van der Waals surface area contributed by atoms with Crippen LogP contribution in [0.15, 0.2) is 24.3 Å². The Morgan fingerprint density at radius 1 is 0.769 bits per heavy atom. The molecule has 0 aromatic heterocycles. The minimum Gasteiger partial charge on any atom is -0.0876 e. The Balaban J connectivity index is 0.00000301. The van der Waals surface area contributed by atoms with E-state index in [4.69, 9.17) is 0 Å². The van der Waals surface area contributed by atoms with E-state index >= 15 is 0 Å². The molecule has 26 heavy (non-hydrogen) atoms. The van der Waals surface area contributed by atoms with Crippen LogP contribution in [-0.2, 0) is 5.33 Å². The lowest BCUT2D eigenvalue weighted by Gasteiger charge is -2.55. The zero-order valence-corrected chi connectivity index (χ0v) is 21.3. The molecule has 0 bridgehead atoms. The van der Waals surface area contributed by atoms with Crippen LogP contribution in [0.1, 0.15) is 107 Å². The smallest absolute Gasteiger partial charge is 0.0283 e. The highest BCUT2D eigenvalue weighted by Gasteiger charge is 2.50. The third-order valence-electron chi connectivity index (χ3n) is 6.71. The zero-order chi connectivity index (χ0) is 21.0. The third-order valence-corrected chi connectivity index (χ3v) is 7.36. The van der Waals surface area contributed by atoms with E-state index in [1.54, 1.807) is 0 Å². The molecule has 0 amide bonds. The molecule has 0 saturated heterocycles. The number of alkyl halides is 1. The molecule has 1 unspecified atom stereocenters. The molecule has 0 aliphatic heterocycles. The second kappa shape index (κ2) is 9.26. The molecule has 0 heterocycles. The van der Waals surface area contributed by atoms with Gasteiger partial charge in [-0.1, -0.05) is 123 Å². The van der Waals surface area contributed by atoms with E-state index in [1.165, 1.54) is 17.5 Å². The Morgan fingerprint density at radius 2 is 1.19 bits per heavy atom. The van der Waals surface area contributed by atoms with E-state index in [0.29, 0.717) is 11.3 Å². The van der Waals surface area contributed by atoms with Gasteiger partial charge in [0.2, 0.25) is 0 Å². The monoisotopic (exact) mass is 424 g/mol. The molecule has 0 nitrogen and oxygen atoms in total. The van der Waals surface area contributed by atoms with Gasteiger partial charge in [-0.15, -0.1) is 0 Å². The van der Waals surface area contributed by atoms with E-state index in [0.717, 1.165) is 5.33 Å². The van der Waals surface area contributed by atoms with Crippen molar-refractivity contribution in [3.05, 3.63) is 35.4 Å². The van der Waals surface area contributed by atoms with Crippen molar-refractivity contribution < 1.29 is 0 Å². The normalized spacial score (nSPS) is 14.5. The maximum Gasteiger partial charge on any atom is 0.0283 e. The second-order valence-corrected chi connectivity index (χ2v) is 11.4. The largest absolute Gasteiger partial charge is 0.0876 e. The van der Waals surface area contributed by atoms with Crippen molar-refractivity contribution in [3.8, 4) is 0 Å². The average Bonchev–Trinajstić information content (AvgIpc) is 2.52. The molecule has 0 N–H and O–H groups in total. The molecular weight excluding hydrogens is 380 g/mol. The van der Waals surface area contributed by atoms with Crippen molar-refractivity contribution in [1.82, 2.24) is 0 Å². The van der Waals surface area contributed by atoms with Gasteiger partial charge in [0.05, 0.1) is 0 Å². The van der Waals surface area contributed by atoms with Crippen LogP contribution in [0.25, 0.3) is 0 Å². The summed E-state index contributed by atoms with van der Waals surface area (Å²) in [6.07, 6.45) is 1.20. The number of halogens is 1. The second-order valence-electron chi connectivity index (χ2n) is 10.8. The van der Waals surface area contributed by atoms with Crippen LogP contribution in [-0.4, -0.2) is 0 Å². The number of hydrogen-bond acceptors (Lipinski definition) is 0. The van der Waals surface area contributed by atoms with Gasteiger partial charge in [-0.3, -0.25) is 0 Å². The number of hydrogen-bond donors (Lipinski definition) is 0. The highest BCUT2D eigenvalue weighted by molar-refractivity contribution is 9.08. The van der Waals surface area contributed by atoms with E-state index in [2.05, 4.69) is 109 Å². The summed E-state index contributed by atoms with van der Waals surface area (Å²) < 4.78 is 0. The molecule has 0 fully saturated rings. The van der Waals surface area contributed by atoms with Crippen molar-refractivity contribution in [2.75, 3.05) is 0 Å². The van der Waals surface area contributed by atoms with Gasteiger partial charge in [-0.05, 0) is 45.1 Å². The summed E-state index contributed by atoms with van der Waals surface area (Å²) in [7, 11) is 0. The minimum atomic E-state index is 0.189. The first-order valence-electron chi connectivity index (χ1n) is 10.3. The molecule has 1 heteroatoms. The van der Waals surface area contributed by atoms with Crippen LogP contribution in [0.4, 0.5) is 0 Å². The molecule has 0 spiro atoms. The molecule has 152 valence electrons. The van der Waals surface area contributed by atoms with E-state index in [9.17, 15) is 0 Å². The molecule has 1 atom stereocenters. The predicted molar refractivity (Wildman–Crippen MR) is 124 cm³/mol. The number of benzene rings is 1. The molecule has 0 aliphatic carbocycles. The first-order valence-corrected chi connectivity index (χ1v) is 11.4. The van der Waals surface area contributed by atoms with Crippen molar-refractivity contribution in [3.63, 3.8) is 0 Å². The van der Waals surface area contributed by atoms with Gasteiger partial charge in [0.25, 0.3) is 0 Å². The van der Waals surface area contributed by atoms with Gasteiger partial charge >= 0.3 is 0 Å². The highest BCUT2D eigenvalue weighted by Crippen LogP contribution is 2.59. The average molecular weight is 426 g/mol. The molecular formula is C25H45Br. The van der Waals surface area contributed by atoms with E-state index in [-0.39, 0.29) is 16.2 Å². The summed E-state index contributed by atoms with van der Waals surface area (Å²) in [5, 5.41) is 0.925. The lowest BCUT2D eigenvalue weighted by Crippen LogP contribution is -2.47. The van der Waals surface area contributed by atoms with E-state index < -0.39 is 0 Å². The van der Waals surface area contributed by atoms with Crippen LogP contribution in [0, 0.1) is 21.7 Å². The van der Waals surface area contributed by atoms with Gasteiger partial charge in [0.1, 0.15) is 0 Å². The Kier molecular flexibility index (Phi) is 9.16. The molecule has 1 aromatic rings. The van der Waals surface area contributed by atoms with Crippen molar-refractivity contribution in [2.24, 2.45) is 21.7 Å². The van der Waals surface area contributed by atoms with Crippen LogP contribution in [0.2, 0.25) is 0 Å². The fourth-order valence-corrected chi connectivity index (χ4v) is 4.02. The maximum atomic E-state index is 3.57. The van der Waals surface area contributed by atoms with Crippen LogP contribution >= 0.6 is 15.9 Å². The third kappa shape index (κ3) is 6.11. The Morgan fingerprint density at radius 3 is 1.50 bits per heavy atom. The maximum absolute atomic E-state index is 3.57. The van der Waals surface area contributed by atoms with Gasteiger partial charge in [-0.2, -0.15) is 0 Å². The van der Waals surface area contributed by atoms with Gasteiger partial charge in [-0.25, -0.2) is 0 Å². The lowest BCUT2D eigenvalue weighted by molar-refractivity contribution is -0.0349. The summed E-state index contributed by atoms with van der Waals surface area (Å²) in [6, 6.07) is 9.26. The van der Waals surface area contributed by atoms with E-state index in [1.807, 2.05) is 13.8 Å². The SMILES string of the molecule is CC.CC(C)(C)CC(c1ccc(CBr)cc1)C(C)(C)C(C)(C)C(C)(C)C. The van der Waals surface area contributed by atoms with Gasteiger partial charge in [0.15, 0.2) is 0 Å².